The van der Waals surface area contributed by atoms with E-state index in [0.29, 0.717) is 11.5 Å². The van der Waals surface area contributed by atoms with Crippen LogP contribution in [0.25, 0.3) is 0 Å². The Morgan fingerprint density at radius 3 is 2.86 bits per heavy atom. The van der Waals surface area contributed by atoms with Crippen LogP contribution in [0, 0.1) is 0 Å². The highest BCUT2D eigenvalue weighted by atomic mass is 35.5. The molecule has 2 unspecified atom stereocenters. The minimum Gasteiger partial charge on any atom is -0.327 e. The number of nitrogens with zero attached hydrogens (tertiary/aromatic N) is 1. The molecular weight excluding hydrogens is 282 g/mol. The van der Waals surface area contributed by atoms with Gasteiger partial charge in [0, 0.05) is 17.5 Å². The van der Waals surface area contributed by atoms with Gasteiger partial charge >= 0.3 is 0 Å². The molecule has 3 rings (SSSR count). The van der Waals surface area contributed by atoms with E-state index in [-0.39, 0.29) is 5.41 Å². The number of fused-ring (bicyclic) bond motifs is 1. The Morgan fingerprint density at radius 2 is 2.14 bits per heavy atom. The molecular formula is C18H20ClNO. The predicted octanol–water partition coefficient (Wildman–Crippen LogP) is 4.50. The lowest BCUT2D eigenvalue weighted by molar-refractivity contribution is -0.105. The molecule has 21 heavy (non-hydrogen) atoms. The zero-order chi connectivity index (χ0) is 15.2. The molecule has 2 atom stereocenters. The Hall–Kier alpha value is -1.54. The van der Waals surface area contributed by atoms with Crippen LogP contribution in [0.3, 0.4) is 0 Å². The van der Waals surface area contributed by atoms with E-state index in [4.69, 9.17) is 11.6 Å². The zero-order valence-electron chi connectivity index (χ0n) is 12.6. The maximum absolute atomic E-state index is 11.1. The summed E-state index contributed by atoms with van der Waals surface area (Å²) in [6.07, 6.45) is 7.59. The molecule has 3 heteroatoms. The molecule has 2 aliphatic rings. The van der Waals surface area contributed by atoms with Crippen LogP contribution < -0.4 is 4.90 Å². The van der Waals surface area contributed by atoms with E-state index < -0.39 is 5.50 Å². The fourth-order valence-corrected chi connectivity index (χ4v) is 4.02. The average Bonchev–Trinajstić information content (AvgIpc) is 2.69. The molecule has 1 heterocycles. The molecule has 1 aromatic rings. The monoisotopic (exact) mass is 301 g/mol. The summed E-state index contributed by atoms with van der Waals surface area (Å²) in [6.45, 7) is 6.85. The first-order chi connectivity index (χ1) is 9.95. The number of hydrogen-bond donors (Lipinski definition) is 0. The number of alkyl halides is 1. The Bertz CT molecular complexity index is 645. The summed E-state index contributed by atoms with van der Waals surface area (Å²) in [5.41, 5.74) is 4.23. The van der Waals surface area contributed by atoms with Gasteiger partial charge in [-0.15, -0.1) is 0 Å². The van der Waals surface area contributed by atoms with Crippen molar-refractivity contribution in [2.24, 2.45) is 0 Å². The van der Waals surface area contributed by atoms with Crippen molar-refractivity contribution in [3.63, 3.8) is 0 Å². The van der Waals surface area contributed by atoms with E-state index in [9.17, 15) is 4.79 Å². The van der Waals surface area contributed by atoms with Gasteiger partial charge < -0.3 is 4.90 Å². The van der Waals surface area contributed by atoms with Gasteiger partial charge in [0.1, 0.15) is 11.8 Å². The van der Waals surface area contributed by atoms with E-state index in [0.717, 1.165) is 18.4 Å². The Morgan fingerprint density at radius 1 is 1.38 bits per heavy atom. The number of anilines is 1. The van der Waals surface area contributed by atoms with Crippen molar-refractivity contribution >= 4 is 23.6 Å². The summed E-state index contributed by atoms with van der Waals surface area (Å²) in [6, 6.07) is 6.41. The molecule has 0 amide bonds. The second-order valence-electron chi connectivity index (χ2n) is 6.60. The molecule has 0 radical (unpaired) electrons. The topological polar surface area (TPSA) is 20.3 Å². The second-order valence-corrected chi connectivity index (χ2v) is 7.01. The van der Waals surface area contributed by atoms with Crippen LogP contribution in [0.1, 0.15) is 44.2 Å². The summed E-state index contributed by atoms with van der Waals surface area (Å²) < 4.78 is 0. The lowest BCUT2D eigenvalue weighted by atomic mass is 9.86. The molecule has 0 saturated carbocycles. The number of halogens is 1. The van der Waals surface area contributed by atoms with Crippen molar-refractivity contribution in [2.45, 2.75) is 44.0 Å². The second kappa shape index (κ2) is 5.03. The first-order valence-electron chi connectivity index (χ1n) is 7.35. The number of rotatable bonds is 2. The number of carbonyl (C=O) groups is 1. The van der Waals surface area contributed by atoms with Gasteiger partial charge in [0.05, 0.1) is 0 Å². The fourth-order valence-electron chi connectivity index (χ4n) is 3.72. The quantitative estimate of drug-likeness (QED) is 0.455. The Kier molecular flexibility index (Phi) is 3.45. The number of hydrogen-bond acceptors (Lipinski definition) is 2. The van der Waals surface area contributed by atoms with Crippen molar-refractivity contribution in [1.82, 2.24) is 0 Å². The molecule has 2 nitrogen and oxygen atoms in total. The molecule has 0 aromatic heterocycles. The number of carbonyl (C=O) groups excluding carboxylic acids is 1. The van der Waals surface area contributed by atoms with Gasteiger partial charge in [0.2, 0.25) is 0 Å². The van der Waals surface area contributed by atoms with Crippen LogP contribution in [0.2, 0.25) is 0 Å². The number of aldehydes is 1. The van der Waals surface area contributed by atoms with E-state index in [1.165, 1.54) is 11.1 Å². The first kappa shape index (κ1) is 14.4. The lowest BCUT2D eigenvalue weighted by Crippen LogP contribution is -2.31. The molecule has 0 fully saturated rings. The Balaban J connectivity index is 2.10. The number of benzene rings is 1. The van der Waals surface area contributed by atoms with Gasteiger partial charge in [-0.25, -0.2) is 0 Å². The van der Waals surface area contributed by atoms with Crippen LogP contribution >= 0.6 is 11.6 Å². The Labute approximate surface area is 131 Å². The van der Waals surface area contributed by atoms with E-state index in [1.54, 1.807) is 6.08 Å². The van der Waals surface area contributed by atoms with E-state index >= 15 is 0 Å². The van der Waals surface area contributed by atoms with Crippen LogP contribution in [0.15, 0.2) is 42.1 Å². The minimum atomic E-state index is -0.435. The van der Waals surface area contributed by atoms with Crippen LogP contribution in [0.5, 0.6) is 0 Å². The van der Waals surface area contributed by atoms with Crippen LogP contribution in [-0.4, -0.2) is 11.8 Å². The molecule has 0 saturated heterocycles. The standard InChI is InChI=1S/C18H20ClNO/c1-12-10-18(2,3)14-7-4-8-15(16(12)14)20-9-5-6-13(11-21)17(20)19/h4-9,11-12,17H,10H2,1-3H3. The summed E-state index contributed by atoms with van der Waals surface area (Å²) in [4.78, 5) is 13.1. The summed E-state index contributed by atoms with van der Waals surface area (Å²) in [7, 11) is 0. The predicted molar refractivity (Wildman–Crippen MR) is 87.9 cm³/mol. The smallest absolute Gasteiger partial charge is 0.149 e. The van der Waals surface area contributed by atoms with Gasteiger partial charge in [-0.1, -0.05) is 50.6 Å². The summed E-state index contributed by atoms with van der Waals surface area (Å²) >= 11 is 6.48. The molecule has 1 aliphatic carbocycles. The van der Waals surface area contributed by atoms with Crippen LogP contribution in [-0.2, 0) is 10.2 Å². The maximum Gasteiger partial charge on any atom is 0.149 e. The zero-order valence-corrected chi connectivity index (χ0v) is 13.4. The van der Waals surface area contributed by atoms with Crippen molar-refractivity contribution in [1.29, 1.82) is 0 Å². The van der Waals surface area contributed by atoms with Crippen molar-refractivity contribution in [2.75, 3.05) is 4.90 Å². The van der Waals surface area contributed by atoms with Crippen molar-refractivity contribution in [3.05, 3.63) is 53.3 Å². The third kappa shape index (κ3) is 2.22. The highest BCUT2D eigenvalue weighted by molar-refractivity contribution is 6.26. The van der Waals surface area contributed by atoms with Crippen LogP contribution in [0.4, 0.5) is 5.69 Å². The van der Waals surface area contributed by atoms with Gasteiger partial charge in [-0.05, 0) is 41.0 Å². The van der Waals surface area contributed by atoms with Crippen molar-refractivity contribution < 1.29 is 4.79 Å². The lowest BCUT2D eigenvalue weighted by Gasteiger charge is -2.31. The number of allylic oxidation sites excluding steroid dienone is 2. The largest absolute Gasteiger partial charge is 0.327 e. The highest BCUT2D eigenvalue weighted by Gasteiger charge is 2.37. The molecule has 1 aliphatic heterocycles. The average molecular weight is 302 g/mol. The fraction of sp³-hybridized carbons (Fsp3) is 0.389. The van der Waals surface area contributed by atoms with Gasteiger partial charge in [0.25, 0.3) is 0 Å². The normalized spacial score (nSPS) is 26.5. The summed E-state index contributed by atoms with van der Waals surface area (Å²) in [5, 5.41) is 0. The highest BCUT2D eigenvalue weighted by Crippen LogP contribution is 2.49. The SMILES string of the molecule is CC1CC(C)(C)c2cccc(N3C=CC=C(C=O)C3Cl)c21. The van der Waals surface area contributed by atoms with Gasteiger partial charge in [0.15, 0.2) is 0 Å². The first-order valence-corrected chi connectivity index (χ1v) is 7.78. The van der Waals surface area contributed by atoms with E-state index in [1.807, 2.05) is 17.2 Å². The van der Waals surface area contributed by atoms with Crippen molar-refractivity contribution in [3.8, 4) is 0 Å². The van der Waals surface area contributed by atoms with Gasteiger partial charge in [-0.2, -0.15) is 0 Å². The summed E-state index contributed by atoms with van der Waals surface area (Å²) in [5.74, 6) is 0.494. The molecule has 110 valence electrons. The third-order valence-electron chi connectivity index (χ3n) is 4.59. The molecule has 1 aromatic carbocycles. The van der Waals surface area contributed by atoms with E-state index in [2.05, 4.69) is 39.0 Å². The van der Waals surface area contributed by atoms with Gasteiger partial charge in [-0.3, -0.25) is 4.79 Å². The molecule has 0 spiro atoms. The molecule has 0 N–H and O–H groups in total. The minimum absolute atomic E-state index is 0.190. The third-order valence-corrected chi connectivity index (χ3v) is 5.05. The maximum atomic E-state index is 11.1. The molecule has 0 bridgehead atoms.